The molecule has 2 heteroatoms. The molecule has 0 bridgehead atoms. The molecule has 0 radical (unpaired) electrons. The number of hydrogen-bond donors (Lipinski definition) is 1. The minimum Gasteiger partial charge on any atom is -0.371 e. The van der Waals surface area contributed by atoms with Crippen LogP contribution in [0.2, 0.25) is 0 Å². The molecule has 0 spiro atoms. The summed E-state index contributed by atoms with van der Waals surface area (Å²) in [5.74, 6) is 0. The van der Waals surface area contributed by atoms with Gasteiger partial charge in [-0.1, -0.05) is 45.9 Å². The van der Waals surface area contributed by atoms with Gasteiger partial charge in [-0.3, -0.25) is 0 Å². The lowest BCUT2D eigenvalue weighted by Gasteiger charge is -2.27. The highest BCUT2D eigenvalue weighted by Gasteiger charge is 2.30. The van der Waals surface area contributed by atoms with E-state index in [1.54, 1.807) is 0 Å². The Morgan fingerprint density at radius 1 is 1.26 bits per heavy atom. The van der Waals surface area contributed by atoms with Crippen LogP contribution in [0.25, 0.3) is 0 Å². The molecule has 1 unspecified atom stereocenters. The molecular formula is C17H28N2. The van der Waals surface area contributed by atoms with Gasteiger partial charge in [0.2, 0.25) is 0 Å². The quantitative estimate of drug-likeness (QED) is 0.861. The van der Waals surface area contributed by atoms with Crippen LogP contribution in [0.5, 0.6) is 0 Å². The fraction of sp³-hybridized carbons (Fsp3) is 0.647. The van der Waals surface area contributed by atoms with Gasteiger partial charge in [-0.05, 0) is 36.4 Å². The van der Waals surface area contributed by atoms with Crippen molar-refractivity contribution in [2.45, 2.75) is 46.6 Å². The zero-order valence-corrected chi connectivity index (χ0v) is 12.9. The first-order valence-electron chi connectivity index (χ1n) is 7.64. The third-order valence-corrected chi connectivity index (χ3v) is 4.19. The minimum atomic E-state index is 0.451. The van der Waals surface area contributed by atoms with E-state index in [4.69, 9.17) is 0 Å². The lowest BCUT2D eigenvalue weighted by molar-refractivity contribution is 0.418. The number of nitrogens with zero attached hydrogens (tertiary/aromatic N) is 1. The minimum absolute atomic E-state index is 0.451. The number of anilines is 1. The largest absolute Gasteiger partial charge is 0.371 e. The molecule has 1 aliphatic heterocycles. The van der Waals surface area contributed by atoms with Gasteiger partial charge in [-0.15, -0.1) is 0 Å². The van der Waals surface area contributed by atoms with Crippen LogP contribution >= 0.6 is 0 Å². The zero-order chi connectivity index (χ0) is 13.9. The van der Waals surface area contributed by atoms with Gasteiger partial charge < -0.3 is 10.2 Å². The van der Waals surface area contributed by atoms with E-state index < -0.39 is 0 Å². The summed E-state index contributed by atoms with van der Waals surface area (Å²) in [4.78, 5) is 2.56. The SMILES string of the molecule is CCNC(CC)c1ccccc1N1CCC(C)(C)C1. The van der Waals surface area contributed by atoms with Crippen molar-refractivity contribution in [2.24, 2.45) is 5.41 Å². The van der Waals surface area contributed by atoms with Crippen LogP contribution in [0, 0.1) is 5.41 Å². The smallest absolute Gasteiger partial charge is 0.0414 e. The highest BCUT2D eigenvalue weighted by Crippen LogP contribution is 2.36. The summed E-state index contributed by atoms with van der Waals surface area (Å²) in [5.41, 5.74) is 3.35. The predicted octanol–water partition coefficient (Wildman–Crippen LogP) is 3.98. The van der Waals surface area contributed by atoms with E-state index in [0.29, 0.717) is 11.5 Å². The molecule has 0 saturated carbocycles. The van der Waals surface area contributed by atoms with Crippen molar-refractivity contribution >= 4 is 5.69 Å². The Bertz CT molecular complexity index is 411. The standard InChI is InChI=1S/C17H28N2/c1-5-15(18-6-2)14-9-7-8-10-16(14)19-12-11-17(3,4)13-19/h7-10,15,18H,5-6,11-13H2,1-4H3. The molecule has 1 N–H and O–H groups in total. The summed E-state index contributed by atoms with van der Waals surface area (Å²) in [6, 6.07) is 9.39. The van der Waals surface area contributed by atoms with Crippen molar-refractivity contribution in [1.82, 2.24) is 5.32 Å². The van der Waals surface area contributed by atoms with Crippen LogP contribution < -0.4 is 10.2 Å². The Kier molecular flexibility index (Phi) is 4.51. The van der Waals surface area contributed by atoms with Crippen LogP contribution in [0.4, 0.5) is 5.69 Å². The molecule has 1 fully saturated rings. The fourth-order valence-electron chi connectivity index (χ4n) is 3.11. The molecule has 0 amide bonds. The number of rotatable bonds is 5. The van der Waals surface area contributed by atoms with Crippen molar-refractivity contribution in [3.8, 4) is 0 Å². The molecule has 1 heterocycles. The van der Waals surface area contributed by atoms with Gasteiger partial charge in [0, 0.05) is 24.8 Å². The molecule has 1 atom stereocenters. The maximum atomic E-state index is 3.61. The third kappa shape index (κ3) is 3.30. The number of nitrogens with one attached hydrogen (secondary N) is 1. The summed E-state index contributed by atoms with van der Waals surface area (Å²) in [5, 5.41) is 3.61. The number of para-hydroxylation sites is 1. The highest BCUT2D eigenvalue weighted by atomic mass is 15.2. The molecule has 19 heavy (non-hydrogen) atoms. The second-order valence-corrected chi connectivity index (χ2v) is 6.41. The summed E-state index contributed by atoms with van der Waals surface area (Å²) in [7, 11) is 0. The second kappa shape index (κ2) is 5.96. The van der Waals surface area contributed by atoms with Crippen molar-refractivity contribution in [1.29, 1.82) is 0 Å². The molecule has 1 aromatic rings. The number of hydrogen-bond acceptors (Lipinski definition) is 2. The van der Waals surface area contributed by atoms with Crippen molar-refractivity contribution < 1.29 is 0 Å². The third-order valence-electron chi connectivity index (χ3n) is 4.19. The molecule has 1 aromatic carbocycles. The Morgan fingerprint density at radius 3 is 2.58 bits per heavy atom. The first-order valence-corrected chi connectivity index (χ1v) is 7.64. The van der Waals surface area contributed by atoms with Gasteiger partial charge in [0.25, 0.3) is 0 Å². The topological polar surface area (TPSA) is 15.3 Å². The number of benzene rings is 1. The van der Waals surface area contributed by atoms with E-state index in [-0.39, 0.29) is 0 Å². The Morgan fingerprint density at radius 2 is 2.00 bits per heavy atom. The van der Waals surface area contributed by atoms with Gasteiger partial charge >= 0.3 is 0 Å². The van der Waals surface area contributed by atoms with Crippen LogP contribution in [-0.4, -0.2) is 19.6 Å². The molecule has 1 saturated heterocycles. The normalized spacial score (nSPS) is 19.7. The first-order chi connectivity index (χ1) is 9.07. The maximum absolute atomic E-state index is 3.61. The van der Waals surface area contributed by atoms with Gasteiger partial charge in [-0.25, -0.2) is 0 Å². The summed E-state index contributed by atoms with van der Waals surface area (Å²) >= 11 is 0. The van der Waals surface area contributed by atoms with E-state index >= 15 is 0 Å². The van der Waals surface area contributed by atoms with E-state index in [1.165, 1.54) is 30.8 Å². The summed E-state index contributed by atoms with van der Waals surface area (Å²) < 4.78 is 0. The highest BCUT2D eigenvalue weighted by molar-refractivity contribution is 5.56. The lowest BCUT2D eigenvalue weighted by Crippen LogP contribution is -2.27. The summed E-state index contributed by atoms with van der Waals surface area (Å²) in [6.45, 7) is 12.6. The fourth-order valence-corrected chi connectivity index (χ4v) is 3.11. The maximum Gasteiger partial charge on any atom is 0.0414 e. The van der Waals surface area contributed by atoms with Gasteiger partial charge in [0.15, 0.2) is 0 Å². The molecular weight excluding hydrogens is 232 g/mol. The van der Waals surface area contributed by atoms with E-state index in [2.05, 4.69) is 62.2 Å². The zero-order valence-electron chi connectivity index (χ0n) is 12.9. The molecule has 2 nitrogen and oxygen atoms in total. The molecule has 1 aliphatic rings. The molecule has 0 aliphatic carbocycles. The average Bonchev–Trinajstić information content (AvgIpc) is 2.76. The van der Waals surface area contributed by atoms with E-state index in [9.17, 15) is 0 Å². The molecule has 2 rings (SSSR count). The molecule has 106 valence electrons. The summed E-state index contributed by atoms with van der Waals surface area (Å²) in [6.07, 6.45) is 2.43. The Hall–Kier alpha value is -1.02. The second-order valence-electron chi connectivity index (χ2n) is 6.41. The Balaban J connectivity index is 2.26. The van der Waals surface area contributed by atoms with Crippen LogP contribution in [-0.2, 0) is 0 Å². The average molecular weight is 260 g/mol. The van der Waals surface area contributed by atoms with Gasteiger partial charge in [0.1, 0.15) is 0 Å². The van der Waals surface area contributed by atoms with Crippen LogP contribution in [0.15, 0.2) is 24.3 Å². The van der Waals surface area contributed by atoms with Gasteiger partial charge in [0.05, 0.1) is 0 Å². The van der Waals surface area contributed by atoms with Crippen LogP contribution in [0.1, 0.15) is 52.1 Å². The first kappa shape index (κ1) is 14.4. The van der Waals surface area contributed by atoms with Crippen molar-refractivity contribution in [3.05, 3.63) is 29.8 Å². The van der Waals surface area contributed by atoms with E-state index in [0.717, 1.165) is 13.0 Å². The predicted molar refractivity (Wildman–Crippen MR) is 83.8 cm³/mol. The van der Waals surface area contributed by atoms with E-state index in [1.807, 2.05) is 0 Å². The molecule has 0 aromatic heterocycles. The van der Waals surface area contributed by atoms with Crippen LogP contribution in [0.3, 0.4) is 0 Å². The lowest BCUT2D eigenvalue weighted by atomic mass is 9.93. The van der Waals surface area contributed by atoms with Crippen molar-refractivity contribution in [2.75, 3.05) is 24.5 Å². The van der Waals surface area contributed by atoms with Crippen molar-refractivity contribution in [3.63, 3.8) is 0 Å². The van der Waals surface area contributed by atoms with Gasteiger partial charge in [-0.2, -0.15) is 0 Å². The Labute approximate surface area is 118 Å². The monoisotopic (exact) mass is 260 g/mol.